The zero-order valence-electron chi connectivity index (χ0n) is 8.56. The molecule has 0 aliphatic heterocycles. The normalized spacial score (nSPS) is 10.1. The lowest BCUT2D eigenvalue weighted by atomic mass is 10.1. The molecular weight excluding hydrogens is 196 g/mol. The van der Waals surface area contributed by atoms with Crippen molar-refractivity contribution in [3.63, 3.8) is 0 Å². The van der Waals surface area contributed by atoms with Crippen molar-refractivity contribution in [2.24, 2.45) is 0 Å². The second kappa shape index (κ2) is 4.59. The predicted molar refractivity (Wildman–Crippen MR) is 54.2 cm³/mol. The van der Waals surface area contributed by atoms with Gasteiger partial charge in [-0.05, 0) is 26.0 Å². The predicted octanol–water partition coefficient (Wildman–Crippen LogP) is 1.74. The van der Waals surface area contributed by atoms with E-state index in [1.165, 1.54) is 12.1 Å². The molecule has 1 rings (SSSR count). The smallest absolute Gasteiger partial charge is 0.377 e. The van der Waals surface area contributed by atoms with Gasteiger partial charge in [0.25, 0.3) is 5.78 Å². The monoisotopic (exact) mass is 208 g/mol. The highest BCUT2D eigenvalue weighted by molar-refractivity contribution is 6.39. The average molecular weight is 208 g/mol. The molecule has 0 unspecified atom stereocenters. The molecule has 0 aliphatic carbocycles. The summed E-state index contributed by atoms with van der Waals surface area (Å²) in [5.41, 5.74) is 0.126. The van der Waals surface area contributed by atoms with Gasteiger partial charge in [0.2, 0.25) is 0 Å². The number of carboxylic acid groups (broad SMARTS) is 1. The van der Waals surface area contributed by atoms with Crippen LogP contribution in [0.1, 0.15) is 24.2 Å². The van der Waals surface area contributed by atoms with Crippen molar-refractivity contribution in [1.29, 1.82) is 0 Å². The van der Waals surface area contributed by atoms with Crippen molar-refractivity contribution >= 4 is 11.8 Å². The van der Waals surface area contributed by atoms with Crippen LogP contribution in [0.15, 0.2) is 24.3 Å². The number of ether oxygens (including phenoxy) is 1. The van der Waals surface area contributed by atoms with Gasteiger partial charge < -0.3 is 9.84 Å². The third-order valence-corrected chi connectivity index (χ3v) is 1.66. The van der Waals surface area contributed by atoms with E-state index in [0.717, 1.165) is 0 Å². The Morgan fingerprint density at radius 1 is 1.33 bits per heavy atom. The van der Waals surface area contributed by atoms with Crippen LogP contribution in [0.4, 0.5) is 0 Å². The van der Waals surface area contributed by atoms with Gasteiger partial charge in [-0.25, -0.2) is 4.79 Å². The lowest BCUT2D eigenvalue weighted by Gasteiger charge is -2.09. The molecule has 0 heterocycles. The quantitative estimate of drug-likeness (QED) is 0.604. The van der Waals surface area contributed by atoms with E-state index in [1.807, 2.05) is 13.8 Å². The fourth-order valence-corrected chi connectivity index (χ4v) is 1.11. The zero-order valence-corrected chi connectivity index (χ0v) is 8.56. The van der Waals surface area contributed by atoms with Gasteiger partial charge in [0.15, 0.2) is 0 Å². The van der Waals surface area contributed by atoms with Gasteiger partial charge in [0.1, 0.15) is 5.75 Å². The summed E-state index contributed by atoms with van der Waals surface area (Å²) >= 11 is 0. The van der Waals surface area contributed by atoms with Gasteiger partial charge in [-0.1, -0.05) is 12.1 Å². The molecule has 1 N–H and O–H groups in total. The van der Waals surface area contributed by atoms with Crippen LogP contribution < -0.4 is 4.74 Å². The van der Waals surface area contributed by atoms with Crippen molar-refractivity contribution in [3.8, 4) is 5.75 Å². The minimum atomic E-state index is -1.46. The lowest BCUT2D eigenvalue weighted by molar-refractivity contribution is -0.131. The number of ketones is 1. The van der Waals surface area contributed by atoms with Crippen LogP contribution in [0.25, 0.3) is 0 Å². The summed E-state index contributed by atoms with van der Waals surface area (Å²) in [6.07, 6.45) is -0.0137. The number of carbonyl (C=O) groups is 2. The Morgan fingerprint density at radius 2 is 2.00 bits per heavy atom. The van der Waals surface area contributed by atoms with Gasteiger partial charge in [-0.3, -0.25) is 4.79 Å². The number of benzene rings is 1. The third-order valence-electron chi connectivity index (χ3n) is 1.66. The second-order valence-corrected chi connectivity index (χ2v) is 3.33. The molecule has 0 amide bonds. The van der Waals surface area contributed by atoms with E-state index >= 15 is 0 Å². The van der Waals surface area contributed by atoms with Crippen LogP contribution in [-0.2, 0) is 4.79 Å². The molecule has 0 atom stereocenters. The van der Waals surface area contributed by atoms with Crippen molar-refractivity contribution in [1.82, 2.24) is 0 Å². The molecule has 0 saturated carbocycles. The minimum absolute atomic E-state index is 0.0137. The number of carbonyl (C=O) groups excluding carboxylic acids is 1. The van der Waals surface area contributed by atoms with Crippen molar-refractivity contribution in [2.45, 2.75) is 20.0 Å². The van der Waals surface area contributed by atoms with Crippen LogP contribution in [0.5, 0.6) is 5.75 Å². The first-order chi connectivity index (χ1) is 7.00. The Bertz CT molecular complexity index is 382. The standard InChI is InChI=1S/C11H12O4/c1-7(2)15-9-5-3-4-8(6-9)10(12)11(13)14/h3-7H,1-2H3,(H,13,14). The van der Waals surface area contributed by atoms with Crippen molar-refractivity contribution in [2.75, 3.05) is 0 Å². The molecular formula is C11H12O4. The van der Waals surface area contributed by atoms with Crippen LogP contribution >= 0.6 is 0 Å². The number of hydrogen-bond acceptors (Lipinski definition) is 3. The number of carboxylic acids is 1. The highest BCUT2D eigenvalue weighted by Gasteiger charge is 2.14. The van der Waals surface area contributed by atoms with Crippen LogP contribution in [0, 0.1) is 0 Å². The SMILES string of the molecule is CC(C)Oc1cccc(C(=O)C(=O)O)c1. The van der Waals surface area contributed by atoms with Crippen molar-refractivity contribution < 1.29 is 19.4 Å². The van der Waals surface area contributed by atoms with Crippen LogP contribution in [0.2, 0.25) is 0 Å². The molecule has 0 saturated heterocycles. The molecule has 15 heavy (non-hydrogen) atoms. The molecule has 0 spiro atoms. The molecule has 1 aromatic carbocycles. The number of hydrogen-bond donors (Lipinski definition) is 1. The maximum Gasteiger partial charge on any atom is 0.377 e. The largest absolute Gasteiger partial charge is 0.491 e. The van der Waals surface area contributed by atoms with E-state index in [4.69, 9.17) is 9.84 Å². The number of Topliss-reactive ketones (excluding diaryl/α,β-unsaturated/α-hetero) is 1. The topological polar surface area (TPSA) is 63.6 Å². The summed E-state index contributed by atoms with van der Waals surface area (Å²) < 4.78 is 5.34. The molecule has 4 heteroatoms. The fourth-order valence-electron chi connectivity index (χ4n) is 1.11. The first-order valence-electron chi connectivity index (χ1n) is 4.55. The number of aliphatic carboxylic acids is 1. The van der Waals surface area contributed by atoms with E-state index in [2.05, 4.69) is 0 Å². The lowest BCUT2D eigenvalue weighted by Crippen LogP contribution is -2.13. The molecule has 1 aromatic rings. The Kier molecular flexibility index (Phi) is 3.44. The Hall–Kier alpha value is -1.84. The van der Waals surface area contributed by atoms with Gasteiger partial charge in [0, 0.05) is 5.56 Å². The Labute approximate surface area is 87.5 Å². The summed E-state index contributed by atoms with van der Waals surface area (Å²) in [6, 6.07) is 6.15. The van der Waals surface area contributed by atoms with E-state index in [1.54, 1.807) is 12.1 Å². The number of rotatable bonds is 4. The second-order valence-electron chi connectivity index (χ2n) is 3.33. The summed E-state index contributed by atoms with van der Waals surface area (Å²) in [7, 11) is 0. The zero-order chi connectivity index (χ0) is 11.4. The summed E-state index contributed by atoms with van der Waals surface area (Å²) in [5, 5.41) is 8.52. The highest BCUT2D eigenvalue weighted by Crippen LogP contribution is 2.15. The maximum atomic E-state index is 11.1. The summed E-state index contributed by atoms with van der Waals surface area (Å²) in [4.78, 5) is 21.6. The summed E-state index contributed by atoms with van der Waals surface area (Å²) in [5.74, 6) is -1.89. The van der Waals surface area contributed by atoms with Gasteiger partial charge in [-0.15, -0.1) is 0 Å². The Morgan fingerprint density at radius 3 is 2.53 bits per heavy atom. The molecule has 0 aromatic heterocycles. The van der Waals surface area contributed by atoms with Gasteiger partial charge >= 0.3 is 5.97 Å². The first-order valence-corrected chi connectivity index (χ1v) is 4.55. The molecule has 4 nitrogen and oxygen atoms in total. The maximum absolute atomic E-state index is 11.1. The first kappa shape index (κ1) is 11.2. The van der Waals surface area contributed by atoms with E-state index in [9.17, 15) is 9.59 Å². The highest BCUT2D eigenvalue weighted by atomic mass is 16.5. The fraction of sp³-hybridized carbons (Fsp3) is 0.273. The van der Waals surface area contributed by atoms with Gasteiger partial charge in [0.05, 0.1) is 6.10 Å². The Balaban J connectivity index is 2.92. The van der Waals surface area contributed by atoms with Crippen LogP contribution in [0.3, 0.4) is 0 Å². The van der Waals surface area contributed by atoms with Crippen LogP contribution in [-0.4, -0.2) is 23.0 Å². The molecule has 80 valence electrons. The minimum Gasteiger partial charge on any atom is -0.491 e. The molecule has 0 aliphatic rings. The average Bonchev–Trinajstić information content (AvgIpc) is 2.16. The third kappa shape index (κ3) is 3.09. The van der Waals surface area contributed by atoms with E-state index < -0.39 is 11.8 Å². The van der Waals surface area contributed by atoms with Crippen molar-refractivity contribution in [3.05, 3.63) is 29.8 Å². The molecule has 0 radical (unpaired) electrons. The van der Waals surface area contributed by atoms with E-state index in [0.29, 0.717) is 5.75 Å². The van der Waals surface area contributed by atoms with E-state index in [-0.39, 0.29) is 11.7 Å². The molecule has 0 bridgehead atoms. The summed E-state index contributed by atoms with van der Waals surface area (Å²) in [6.45, 7) is 3.71. The molecule has 0 fully saturated rings. The van der Waals surface area contributed by atoms with Gasteiger partial charge in [-0.2, -0.15) is 0 Å².